The van der Waals surface area contributed by atoms with E-state index in [9.17, 15) is 5.26 Å². The summed E-state index contributed by atoms with van der Waals surface area (Å²) in [5, 5.41) is 9.32. The second-order valence-corrected chi connectivity index (χ2v) is 4.64. The fourth-order valence-electron chi connectivity index (χ4n) is 2.31. The van der Waals surface area contributed by atoms with Crippen LogP contribution in [0.1, 0.15) is 35.0 Å². The lowest BCUT2D eigenvalue weighted by Crippen LogP contribution is -2.06. The Hall–Kier alpha value is -2.01. The highest BCUT2D eigenvalue weighted by atomic mass is 15.0. The van der Waals surface area contributed by atoms with Crippen molar-refractivity contribution in [3.8, 4) is 6.07 Å². The van der Waals surface area contributed by atoms with Crippen LogP contribution in [0.25, 0.3) is 0 Å². The van der Waals surface area contributed by atoms with Gasteiger partial charge < -0.3 is 4.57 Å². The van der Waals surface area contributed by atoms with Gasteiger partial charge in [0.05, 0.1) is 0 Å². The van der Waals surface area contributed by atoms with Crippen LogP contribution in [0.5, 0.6) is 0 Å². The number of benzene rings is 1. The molecule has 2 rings (SSSR count). The number of aromatic nitrogens is 1. The SMILES string of the molecule is CCc1cc(C)n(Cc2ccccc2C)c1C#N. The summed E-state index contributed by atoms with van der Waals surface area (Å²) in [5.41, 5.74) is 5.65. The molecule has 0 aliphatic carbocycles. The van der Waals surface area contributed by atoms with Gasteiger partial charge >= 0.3 is 0 Å². The first-order valence-electron chi connectivity index (χ1n) is 6.31. The summed E-state index contributed by atoms with van der Waals surface area (Å²) < 4.78 is 2.11. The normalized spacial score (nSPS) is 10.3. The largest absolute Gasteiger partial charge is 0.332 e. The summed E-state index contributed by atoms with van der Waals surface area (Å²) in [7, 11) is 0. The zero-order chi connectivity index (χ0) is 13.1. The number of nitrogens with zero attached hydrogens (tertiary/aromatic N) is 2. The first-order valence-corrected chi connectivity index (χ1v) is 6.31. The highest BCUT2D eigenvalue weighted by Gasteiger charge is 2.11. The quantitative estimate of drug-likeness (QED) is 0.803. The fraction of sp³-hybridized carbons (Fsp3) is 0.312. The Kier molecular flexibility index (Phi) is 3.53. The second kappa shape index (κ2) is 5.10. The van der Waals surface area contributed by atoms with Crippen molar-refractivity contribution in [2.75, 3.05) is 0 Å². The second-order valence-electron chi connectivity index (χ2n) is 4.64. The molecule has 0 amide bonds. The number of hydrogen-bond donors (Lipinski definition) is 0. The van der Waals surface area contributed by atoms with Crippen molar-refractivity contribution in [1.29, 1.82) is 5.26 Å². The minimum atomic E-state index is 0.779. The van der Waals surface area contributed by atoms with E-state index in [1.54, 1.807) is 0 Å². The summed E-state index contributed by atoms with van der Waals surface area (Å²) in [6, 6.07) is 12.8. The van der Waals surface area contributed by atoms with Crippen LogP contribution < -0.4 is 0 Å². The predicted molar refractivity (Wildman–Crippen MR) is 73.5 cm³/mol. The van der Waals surface area contributed by atoms with Crippen molar-refractivity contribution in [1.82, 2.24) is 4.57 Å². The minimum absolute atomic E-state index is 0.779. The van der Waals surface area contributed by atoms with E-state index in [1.165, 1.54) is 11.1 Å². The highest BCUT2D eigenvalue weighted by molar-refractivity contribution is 5.38. The van der Waals surface area contributed by atoms with Gasteiger partial charge in [-0.25, -0.2) is 0 Å². The average Bonchev–Trinajstić information content (AvgIpc) is 2.68. The third-order valence-electron chi connectivity index (χ3n) is 3.46. The first kappa shape index (κ1) is 12.4. The molecule has 0 aliphatic heterocycles. The van der Waals surface area contributed by atoms with Crippen LogP contribution in [0.2, 0.25) is 0 Å². The van der Waals surface area contributed by atoms with Crippen LogP contribution in [0.15, 0.2) is 30.3 Å². The van der Waals surface area contributed by atoms with Gasteiger partial charge in [0.2, 0.25) is 0 Å². The number of rotatable bonds is 3. The van der Waals surface area contributed by atoms with Crippen molar-refractivity contribution in [3.05, 3.63) is 58.4 Å². The Morgan fingerprint density at radius 3 is 2.50 bits per heavy atom. The van der Waals surface area contributed by atoms with Crippen molar-refractivity contribution in [2.24, 2.45) is 0 Å². The molecule has 0 aliphatic rings. The molecule has 0 saturated carbocycles. The lowest BCUT2D eigenvalue weighted by Gasteiger charge is -2.10. The third kappa shape index (κ3) is 2.17. The summed E-state index contributed by atoms with van der Waals surface area (Å²) in [6.45, 7) is 7.05. The van der Waals surface area contributed by atoms with Crippen molar-refractivity contribution in [3.63, 3.8) is 0 Å². The molecule has 2 nitrogen and oxygen atoms in total. The van der Waals surface area contributed by atoms with E-state index in [0.717, 1.165) is 29.9 Å². The van der Waals surface area contributed by atoms with Gasteiger partial charge in [-0.15, -0.1) is 0 Å². The van der Waals surface area contributed by atoms with E-state index in [2.05, 4.69) is 49.6 Å². The van der Waals surface area contributed by atoms with Crippen molar-refractivity contribution >= 4 is 0 Å². The van der Waals surface area contributed by atoms with Crippen LogP contribution in [-0.4, -0.2) is 4.57 Å². The Balaban J connectivity index is 2.44. The zero-order valence-electron chi connectivity index (χ0n) is 11.2. The topological polar surface area (TPSA) is 28.7 Å². The molecule has 0 saturated heterocycles. The maximum absolute atomic E-state index is 9.32. The number of aryl methyl sites for hydroxylation is 3. The molecule has 0 fully saturated rings. The minimum Gasteiger partial charge on any atom is -0.332 e. The van der Waals surface area contributed by atoms with E-state index in [1.807, 2.05) is 12.1 Å². The van der Waals surface area contributed by atoms with Gasteiger partial charge in [0.15, 0.2) is 0 Å². The molecule has 0 N–H and O–H groups in total. The lowest BCUT2D eigenvalue weighted by atomic mass is 10.1. The van der Waals surface area contributed by atoms with Crippen molar-refractivity contribution in [2.45, 2.75) is 33.7 Å². The Bertz CT molecular complexity index is 600. The molecule has 0 radical (unpaired) electrons. The van der Waals surface area contributed by atoms with Crippen LogP contribution in [0.4, 0.5) is 0 Å². The molecule has 92 valence electrons. The molecule has 0 bridgehead atoms. The molecule has 1 heterocycles. The molecule has 1 aromatic heterocycles. The van der Waals surface area contributed by atoms with Gasteiger partial charge in [0, 0.05) is 12.2 Å². The Labute approximate surface area is 108 Å². The van der Waals surface area contributed by atoms with Crippen LogP contribution in [0.3, 0.4) is 0 Å². The monoisotopic (exact) mass is 238 g/mol. The van der Waals surface area contributed by atoms with Gasteiger partial charge in [-0.2, -0.15) is 5.26 Å². The molecular formula is C16H18N2. The molecular weight excluding hydrogens is 220 g/mol. The number of nitriles is 1. The van der Waals surface area contributed by atoms with Crippen LogP contribution in [0, 0.1) is 25.2 Å². The molecule has 18 heavy (non-hydrogen) atoms. The zero-order valence-corrected chi connectivity index (χ0v) is 11.2. The standard InChI is InChI=1S/C16H18N2/c1-4-14-9-13(3)18(16(14)10-17)11-15-8-6-5-7-12(15)2/h5-9H,4,11H2,1-3H3. The van der Waals surface area contributed by atoms with Gasteiger partial charge in [0.1, 0.15) is 11.8 Å². The maximum Gasteiger partial charge on any atom is 0.123 e. The molecule has 0 unspecified atom stereocenters. The first-order chi connectivity index (χ1) is 8.67. The van der Waals surface area contributed by atoms with E-state index in [0.29, 0.717) is 0 Å². The lowest BCUT2D eigenvalue weighted by molar-refractivity contribution is 0.757. The van der Waals surface area contributed by atoms with Gasteiger partial charge in [-0.3, -0.25) is 0 Å². The fourth-order valence-corrected chi connectivity index (χ4v) is 2.31. The van der Waals surface area contributed by atoms with E-state index in [4.69, 9.17) is 0 Å². The van der Waals surface area contributed by atoms with E-state index in [-0.39, 0.29) is 0 Å². The third-order valence-corrected chi connectivity index (χ3v) is 3.46. The maximum atomic E-state index is 9.32. The smallest absolute Gasteiger partial charge is 0.123 e. The summed E-state index contributed by atoms with van der Waals surface area (Å²) in [4.78, 5) is 0. The van der Waals surface area contributed by atoms with Crippen LogP contribution in [-0.2, 0) is 13.0 Å². The summed E-state index contributed by atoms with van der Waals surface area (Å²) in [6.07, 6.45) is 0.907. The Morgan fingerprint density at radius 2 is 1.89 bits per heavy atom. The molecule has 0 atom stereocenters. The summed E-state index contributed by atoms with van der Waals surface area (Å²) in [5.74, 6) is 0. The average molecular weight is 238 g/mol. The predicted octanol–water partition coefficient (Wildman–Crippen LogP) is 3.59. The molecule has 2 aromatic rings. The van der Waals surface area contributed by atoms with Crippen molar-refractivity contribution < 1.29 is 0 Å². The van der Waals surface area contributed by atoms with E-state index < -0.39 is 0 Å². The summed E-state index contributed by atoms with van der Waals surface area (Å²) >= 11 is 0. The molecule has 1 aromatic carbocycles. The van der Waals surface area contributed by atoms with Gasteiger partial charge in [0.25, 0.3) is 0 Å². The van der Waals surface area contributed by atoms with E-state index >= 15 is 0 Å². The van der Waals surface area contributed by atoms with Gasteiger partial charge in [-0.05, 0) is 43.0 Å². The number of hydrogen-bond acceptors (Lipinski definition) is 1. The molecule has 0 spiro atoms. The van der Waals surface area contributed by atoms with Crippen LogP contribution >= 0.6 is 0 Å². The highest BCUT2D eigenvalue weighted by Crippen LogP contribution is 2.19. The molecule has 2 heteroatoms. The van der Waals surface area contributed by atoms with Gasteiger partial charge in [-0.1, -0.05) is 31.2 Å². The Morgan fingerprint density at radius 1 is 1.17 bits per heavy atom.